The van der Waals surface area contributed by atoms with E-state index in [9.17, 15) is 4.79 Å². The molecule has 0 radical (unpaired) electrons. The highest BCUT2D eigenvalue weighted by Crippen LogP contribution is 2.27. The molecule has 152 valence electrons. The number of ether oxygens (including phenoxy) is 1. The number of nitrogens with zero attached hydrogens (tertiary/aromatic N) is 3. The molecule has 6 nitrogen and oxygen atoms in total. The molecule has 1 N–H and O–H groups in total. The number of halogens is 1. The summed E-state index contributed by atoms with van der Waals surface area (Å²) >= 11 is 0. The number of nitrogens with one attached hydrogen (secondary N) is 1. The van der Waals surface area contributed by atoms with Gasteiger partial charge in [-0.25, -0.2) is 4.68 Å². The number of carbonyl (C=O) groups excluding carboxylic acids is 1. The Kier molecular flexibility index (Phi) is 6.56. The molecule has 1 aliphatic heterocycles. The standard InChI is InChI=1S/C22H24N4O2.ClH/c1-16-14-25(13-12-23-16)22(27)20-15-26(18-6-4-3-5-7-18)24-21(20)17-8-10-19(28-2)11-9-17;/h3-11,15-16,23H,12-14H2,1-2H3;1H. The van der Waals surface area contributed by atoms with Gasteiger partial charge in [0.25, 0.3) is 5.91 Å². The minimum absolute atomic E-state index is 0. The van der Waals surface area contributed by atoms with E-state index in [0.29, 0.717) is 24.3 Å². The molecule has 1 aliphatic rings. The van der Waals surface area contributed by atoms with Gasteiger partial charge >= 0.3 is 0 Å². The van der Waals surface area contributed by atoms with E-state index in [1.807, 2.05) is 65.7 Å². The van der Waals surface area contributed by atoms with Crippen LogP contribution in [0.25, 0.3) is 16.9 Å². The van der Waals surface area contributed by atoms with Crippen LogP contribution in [0.4, 0.5) is 0 Å². The Morgan fingerprint density at radius 2 is 1.86 bits per heavy atom. The number of hydrogen-bond donors (Lipinski definition) is 1. The fraction of sp³-hybridized carbons (Fsp3) is 0.273. The normalized spacial score (nSPS) is 16.2. The minimum atomic E-state index is 0. The topological polar surface area (TPSA) is 59.4 Å². The van der Waals surface area contributed by atoms with Gasteiger partial charge in [0.15, 0.2) is 0 Å². The summed E-state index contributed by atoms with van der Waals surface area (Å²) in [5.74, 6) is 0.788. The molecular formula is C22H25ClN4O2. The number of aromatic nitrogens is 2. The molecule has 2 aromatic carbocycles. The molecule has 0 aliphatic carbocycles. The van der Waals surface area contributed by atoms with Crippen LogP contribution in [-0.2, 0) is 0 Å². The van der Waals surface area contributed by atoms with E-state index in [1.165, 1.54) is 0 Å². The fourth-order valence-electron chi connectivity index (χ4n) is 3.49. The third kappa shape index (κ3) is 4.44. The molecule has 29 heavy (non-hydrogen) atoms. The third-order valence-corrected chi connectivity index (χ3v) is 4.98. The largest absolute Gasteiger partial charge is 0.497 e. The first-order valence-corrected chi connectivity index (χ1v) is 9.48. The summed E-state index contributed by atoms with van der Waals surface area (Å²) in [7, 11) is 1.64. The van der Waals surface area contributed by atoms with Gasteiger partial charge in [0.2, 0.25) is 0 Å². The van der Waals surface area contributed by atoms with Crippen molar-refractivity contribution >= 4 is 18.3 Å². The minimum Gasteiger partial charge on any atom is -0.497 e. The van der Waals surface area contributed by atoms with Gasteiger partial charge in [-0.2, -0.15) is 5.10 Å². The summed E-state index contributed by atoms with van der Waals surface area (Å²) < 4.78 is 7.03. The number of amides is 1. The lowest BCUT2D eigenvalue weighted by Gasteiger charge is -2.31. The van der Waals surface area contributed by atoms with Crippen LogP contribution >= 0.6 is 12.4 Å². The molecule has 0 spiro atoms. The molecule has 1 saturated heterocycles. The maximum absolute atomic E-state index is 13.3. The maximum Gasteiger partial charge on any atom is 0.257 e. The van der Waals surface area contributed by atoms with Crippen molar-refractivity contribution in [1.82, 2.24) is 20.0 Å². The zero-order chi connectivity index (χ0) is 19.5. The molecule has 0 bridgehead atoms. The summed E-state index contributed by atoms with van der Waals surface area (Å²) in [5, 5.41) is 8.13. The van der Waals surface area contributed by atoms with Gasteiger partial charge in [-0.3, -0.25) is 4.79 Å². The van der Waals surface area contributed by atoms with E-state index in [0.717, 1.165) is 23.5 Å². The zero-order valence-corrected chi connectivity index (χ0v) is 17.4. The number of benzene rings is 2. The van der Waals surface area contributed by atoms with E-state index in [-0.39, 0.29) is 24.4 Å². The molecule has 3 aromatic rings. The molecule has 1 atom stereocenters. The predicted octanol–water partition coefficient (Wildman–Crippen LogP) is 3.40. The van der Waals surface area contributed by atoms with E-state index in [2.05, 4.69) is 12.2 Å². The van der Waals surface area contributed by atoms with Crippen molar-refractivity contribution in [1.29, 1.82) is 0 Å². The molecule has 1 fully saturated rings. The van der Waals surface area contributed by atoms with Crippen LogP contribution in [0.1, 0.15) is 17.3 Å². The van der Waals surface area contributed by atoms with Crippen molar-refractivity contribution in [3.8, 4) is 22.7 Å². The molecule has 7 heteroatoms. The van der Waals surface area contributed by atoms with Crippen LogP contribution < -0.4 is 10.1 Å². The average molecular weight is 413 g/mol. The van der Waals surface area contributed by atoms with Crippen molar-refractivity contribution in [2.75, 3.05) is 26.7 Å². The Morgan fingerprint density at radius 3 is 2.52 bits per heavy atom. The van der Waals surface area contributed by atoms with Crippen molar-refractivity contribution in [2.45, 2.75) is 13.0 Å². The zero-order valence-electron chi connectivity index (χ0n) is 16.5. The third-order valence-electron chi connectivity index (χ3n) is 4.98. The number of hydrogen-bond acceptors (Lipinski definition) is 4. The average Bonchev–Trinajstić information content (AvgIpc) is 3.19. The molecule has 1 aromatic heterocycles. The van der Waals surface area contributed by atoms with Gasteiger partial charge in [-0.1, -0.05) is 18.2 Å². The quantitative estimate of drug-likeness (QED) is 0.713. The van der Waals surface area contributed by atoms with Crippen LogP contribution in [-0.4, -0.2) is 53.4 Å². The molecule has 0 saturated carbocycles. The van der Waals surface area contributed by atoms with Crippen LogP contribution in [0, 0.1) is 0 Å². The number of rotatable bonds is 4. The highest BCUT2D eigenvalue weighted by molar-refractivity contribution is 6.00. The van der Waals surface area contributed by atoms with Crippen LogP contribution in [0.2, 0.25) is 0 Å². The predicted molar refractivity (Wildman–Crippen MR) is 116 cm³/mol. The van der Waals surface area contributed by atoms with Crippen molar-refractivity contribution in [3.05, 3.63) is 66.4 Å². The molecule has 2 heterocycles. The maximum atomic E-state index is 13.3. The lowest BCUT2D eigenvalue weighted by atomic mass is 10.1. The van der Waals surface area contributed by atoms with Crippen molar-refractivity contribution < 1.29 is 9.53 Å². The highest BCUT2D eigenvalue weighted by atomic mass is 35.5. The number of para-hydroxylation sites is 1. The Labute approximate surface area is 176 Å². The second-order valence-electron chi connectivity index (χ2n) is 7.01. The Bertz CT molecular complexity index is 957. The number of carbonyl (C=O) groups is 1. The SMILES string of the molecule is COc1ccc(-c2nn(-c3ccccc3)cc2C(=O)N2CCNC(C)C2)cc1.Cl. The molecule has 4 rings (SSSR count). The van der Waals surface area contributed by atoms with Gasteiger partial charge in [0.05, 0.1) is 18.4 Å². The summed E-state index contributed by atoms with van der Waals surface area (Å²) in [5.41, 5.74) is 3.11. The second-order valence-corrected chi connectivity index (χ2v) is 7.01. The van der Waals surface area contributed by atoms with Crippen molar-refractivity contribution in [3.63, 3.8) is 0 Å². The van der Waals surface area contributed by atoms with Gasteiger partial charge in [0.1, 0.15) is 11.4 Å². The first-order valence-electron chi connectivity index (χ1n) is 9.48. The number of piperazine rings is 1. The second kappa shape index (κ2) is 9.11. The Balaban J connectivity index is 0.00000240. The Morgan fingerprint density at radius 1 is 1.14 bits per heavy atom. The van der Waals surface area contributed by atoms with Crippen LogP contribution in [0.15, 0.2) is 60.8 Å². The van der Waals surface area contributed by atoms with Crippen LogP contribution in [0.3, 0.4) is 0 Å². The first-order chi connectivity index (χ1) is 13.7. The van der Waals surface area contributed by atoms with E-state index in [4.69, 9.17) is 9.84 Å². The van der Waals surface area contributed by atoms with E-state index >= 15 is 0 Å². The highest BCUT2D eigenvalue weighted by Gasteiger charge is 2.26. The lowest BCUT2D eigenvalue weighted by molar-refractivity contribution is 0.0710. The molecule has 1 unspecified atom stereocenters. The summed E-state index contributed by atoms with van der Waals surface area (Å²) in [4.78, 5) is 15.2. The summed E-state index contributed by atoms with van der Waals surface area (Å²) in [6.45, 7) is 4.29. The molecular weight excluding hydrogens is 388 g/mol. The summed E-state index contributed by atoms with van der Waals surface area (Å²) in [6.07, 6.45) is 1.84. The van der Waals surface area contributed by atoms with Gasteiger partial charge in [-0.15, -0.1) is 12.4 Å². The van der Waals surface area contributed by atoms with Crippen LogP contribution in [0.5, 0.6) is 5.75 Å². The van der Waals surface area contributed by atoms with E-state index in [1.54, 1.807) is 11.8 Å². The number of methoxy groups -OCH3 is 1. The Hall–Kier alpha value is -2.83. The van der Waals surface area contributed by atoms with Gasteiger partial charge in [-0.05, 0) is 43.3 Å². The smallest absolute Gasteiger partial charge is 0.257 e. The fourth-order valence-corrected chi connectivity index (χ4v) is 3.49. The van der Waals surface area contributed by atoms with Gasteiger partial charge < -0.3 is 15.0 Å². The lowest BCUT2D eigenvalue weighted by Crippen LogP contribution is -2.51. The first kappa shape index (κ1) is 20.9. The summed E-state index contributed by atoms with van der Waals surface area (Å²) in [6, 6.07) is 17.8. The van der Waals surface area contributed by atoms with Crippen molar-refractivity contribution in [2.24, 2.45) is 0 Å². The monoisotopic (exact) mass is 412 g/mol. The van der Waals surface area contributed by atoms with E-state index < -0.39 is 0 Å². The van der Waals surface area contributed by atoms with Gasteiger partial charge in [0, 0.05) is 37.4 Å². The molecule has 1 amide bonds.